The van der Waals surface area contributed by atoms with Gasteiger partial charge in [0.25, 0.3) is 11.8 Å². The molecule has 1 fully saturated rings. The minimum absolute atomic E-state index is 0.00396. The van der Waals surface area contributed by atoms with E-state index in [-0.39, 0.29) is 18.4 Å². The first-order valence-electron chi connectivity index (χ1n) is 10.5. The topological polar surface area (TPSA) is 72.3 Å². The number of rotatable bonds is 10. The first-order chi connectivity index (χ1) is 13.9. The Hall–Kier alpha value is -2.12. The number of carbonyl (C=O) groups is 2. The van der Waals surface area contributed by atoms with Gasteiger partial charge in [0.1, 0.15) is 5.75 Å². The Kier molecular flexibility index (Phi) is 9.41. The van der Waals surface area contributed by atoms with E-state index in [4.69, 9.17) is 9.47 Å². The van der Waals surface area contributed by atoms with Gasteiger partial charge in [-0.1, -0.05) is 26.0 Å². The van der Waals surface area contributed by atoms with Gasteiger partial charge in [0.15, 0.2) is 13.2 Å². The standard InChI is InChI=1S/C22H35N3O4/c1-17(2)19-7-6-18(3)14-20(19)29-16-22(27)25-11-9-24(10-12-25)15-21(26)23-8-5-13-28-4/h6-7,14,17H,5,8-13,15-16H2,1-4H3,(H,23,26)/p+1. The molecule has 162 valence electrons. The number of amides is 2. The van der Waals surface area contributed by atoms with E-state index in [1.807, 2.05) is 17.9 Å². The average molecular weight is 407 g/mol. The summed E-state index contributed by atoms with van der Waals surface area (Å²) in [5.74, 6) is 1.19. The number of methoxy groups -OCH3 is 1. The van der Waals surface area contributed by atoms with E-state index >= 15 is 0 Å². The van der Waals surface area contributed by atoms with Gasteiger partial charge in [-0.2, -0.15) is 0 Å². The molecule has 0 radical (unpaired) electrons. The zero-order valence-electron chi connectivity index (χ0n) is 18.3. The van der Waals surface area contributed by atoms with Crippen molar-refractivity contribution >= 4 is 11.8 Å². The lowest BCUT2D eigenvalue weighted by atomic mass is 10.0. The number of piperazine rings is 1. The second kappa shape index (κ2) is 11.8. The van der Waals surface area contributed by atoms with Crippen LogP contribution in [0, 0.1) is 6.92 Å². The Bertz CT molecular complexity index is 670. The zero-order chi connectivity index (χ0) is 21.2. The second-order valence-electron chi connectivity index (χ2n) is 7.99. The highest BCUT2D eigenvalue weighted by Gasteiger charge is 2.25. The van der Waals surface area contributed by atoms with Gasteiger partial charge in [-0.3, -0.25) is 9.59 Å². The van der Waals surface area contributed by atoms with Crippen LogP contribution in [-0.2, 0) is 14.3 Å². The molecule has 29 heavy (non-hydrogen) atoms. The van der Waals surface area contributed by atoms with Crippen molar-refractivity contribution in [3.63, 3.8) is 0 Å². The number of benzene rings is 1. The van der Waals surface area contributed by atoms with E-state index in [1.165, 1.54) is 4.90 Å². The molecule has 7 heteroatoms. The molecular formula is C22H36N3O4+. The highest BCUT2D eigenvalue weighted by atomic mass is 16.5. The third kappa shape index (κ3) is 7.66. The summed E-state index contributed by atoms with van der Waals surface area (Å²) in [5, 5.41) is 2.92. The molecule has 1 heterocycles. The third-order valence-corrected chi connectivity index (χ3v) is 5.22. The number of ether oxygens (including phenoxy) is 2. The van der Waals surface area contributed by atoms with Gasteiger partial charge in [-0.05, 0) is 36.5 Å². The van der Waals surface area contributed by atoms with Crippen LogP contribution < -0.4 is 15.0 Å². The van der Waals surface area contributed by atoms with E-state index in [2.05, 4.69) is 31.3 Å². The van der Waals surface area contributed by atoms with Gasteiger partial charge in [-0.25, -0.2) is 0 Å². The van der Waals surface area contributed by atoms with Crippen molar-refractivity contribution in [1.82, 2.24) is 10.2 Å². The van der Waals surface area contributed by atoms with Crippen molar-refractivity contribution in [2.24, 2.45) is 0 Å². The highest BCUT2D eigenvalue weighted by Crippen LogP contribution is 2.27. The van der Waals surface area contributed by atoms with Crippen LogP contribution in [0.15, 0.2) is 18.2 Å². The monoisotopic (exact) mass is 406 g/mol. The summed E-state index contributed by atoms with van der Waals surface area (Å²) in [7, 11) is 1.65. The SMILES string of the molecule is COCCCNC(=O)C[NH+]1CCN(C(=O)COc2cc(C)ccc2C(C)C)CC1. The van der Waals surface area contributed by atoms with Crippen LogP contribution in [0.25, 0.3) is 0 Å². The fourth-order valence-corrected chi connectivity index (χ4v) is 3.46. The maximum absolute atomic E-state index is 12.6. The number of nitrogens with one attached hydrogen (secondary N) is 2. The average Bonchev–Trinajstić information content (AvgIpc) is 2.70. The molecule has 1 aromatic rings. The number of aryl methyl sites for hydroxylation is 1. The number of nitrogens with zero attached hydrogens (tertiary/aromatic N) is 1. The molecule has 0 bridgehead atoms. The quantitative estimate of drug-likeness (QED) is 0.551. The molecule has 1 saturated heterocycles. The number of carbonyl (C=O) groups excluding carboxylic acids is 2. The molecule has 0 spiro atoms. The van der Waals surface area contributed by atoms with Crippen molar-refractivity contribution in [2.75, 3.05) is 59.6 Å². The zero-order valence-corrected chi connectivity index (χ0v) is 18.3. The van der Waals surface area contributed by atoms with Crippen LogP contribution in [0.4, 0.5) is 0 Å². The molecule has 0 aliphatic carbocycles. The van der Waals surface area contributed by atoms with E-state index in [0.717, 1.165) is 36.4 Å². The van der Waals surface area contributed by atoms with Crippen molar-refractivity contribution in [1.29, 1.82) is 0 Å². The lowest BCUT2D eigenvalue weighted by molar-refractivity contribution is -0.896. The Morgan fingerprint density at radius 1 is 1.24 bits per heavy atom. The molecule has 0 unspecified atom stereocenters. The van der Waals surface area contributed by atoms with E-state index in [1.54, 1.807) is 7.11 Å². The summed E-state index contributed by atoms with van der Waals surface area (Å²) in [4.78, 5) is 27.6. The smallest absolute Gasteiger partial charge is 0.275 e. The first-order valence-corrected chi connectivity index (χ1v) is 10.5. The lowest BCUT2D eigenvalue weighted by Crippen LogP contribution is -3.15. The normalized spacial score (nSPS) is 14.9. The van der Waals surface area contributed by atoms with Crippen LogP contribution in [0.1, 0.15) is 37.3 Å². The van der Waals surface area contributed by atoms with E-state index in [9.17, 15) is 9.59 Å². The molecule has 0 saturated carbocycles. The molecule has 1 aliphatic heterocycles. The molecule has 1 aliphatic rings. The van der Waals surface area contributed by atoms with Crippen LogP contribution in [0.5, 0.6) is 5.75 Å². The summed E-state index contributed by atoms with van der Waals surface area (Å²) in [6.45, 7) is 10.9. The van der Waals surface area contributed by atoms with E-state index in [0.29, 0.717) is 38.7 Å². The Morgan fingerprint density at radius 2 is 1.97 bits per heavy atom. The predicted octanol–water partition coefficient (Wildman–Crippen LogP) is 0.377. The maximum Gasteiger partial charge on any atom is 0.275 e. The van der Waals surface area contributed by atoms with Gasteiger partial charge >= 0.3 is 0 Å². The van der Waals surface area contributed by atoms with Crippen molar-refractivity contribution in [3.8, 4) is 5.75 Å². The summed E-state index contributed by atoms with van der Waals surface area (Å²) in [5.41, 5.74) is 2.24. The summed E-state index contributed by atoms with van der Waals surface area (Å²) < 4.78 is 10.9. The number of hydrogen-bond donors (Lipinski definition) is 2. The minimum Gasteiger partial charge on any atom is -0.483 e. The fraction of sp³-hybridized carbons (Fsp3) is 0.636. The van der Waals surface area contributed by atoms with Gasteiger partial charge in [0.05, 0.1) is 26.2 Å². The molecule has 0 atom stereocenters. The fourth-order valence-electron chi connectivity index (χ4n) is 3.46. The van der Waals surface area contributed by atoms with Crippen LogP contribution >= 0.6 is 0 Å². The molecule has 2 amide bonds. The minimum atomic E-state index is 0.00396. The molecular weight excluding hydrogens is 370 g/mol. The summed E-state index contributed by atoms with van der Waals surface area (Å²) in [6.07, 6.45) is 0.819. The Morgan fingerprint density at radius 3 is 2.62 bits per heavy atom. The van der Waals surface area contributed by atoms with Gasteiger partial charge in [-0.15, -0.1) is 0 Å². The Balaban J connectivity index is 1.74. The van der Waals surface area contributed by atoms with Crippen molar-refractivity contribution in [3.05, 3.63) is 29.3 Å². The Labute approximate surface area is 174 Å². The highest BCUT2D eigenvalue weighted by molar-refractivity contribution is 5.78. The lowest BCUT2D eigenvalue weighted by Gasteiger charge is -2.32. The molecule has 1 aromatic carbocycles. The second-order valence-corrected chi connectivity index (χ2v) is 7.99. The predicted molar refractivity (Wildman–Crippen MR) is 112 cm³/mol. The molecule has 2 N–H and O–H groups in total. The number of hydrogen-bond acceptors (Lipinski definition) is 4. The molecule has 2 rings (SSSR count). The molecule has 7 nitrogen and oxygen atoms in total. The summed E-state index contributed by atoms with van der Waals surface area (Å²) in [6, 6.07) is 6.14. The van der Waals surface area contributed by atoms with Crippen molar-refractivity contribution in [2.45, 2.75) is 33.1 Å². The number of quaternary nitrogens is 1. The van der Waals surface area contributed by atoms with Crippen LogP contribution in [-0.4, -0.2) is 76.3 Å². The largest absolute Gasteiger partial charge is 0.483 e. The van der Waals surface area contributed by atoms with Crippen molar-refractivity contribution < 1.29 is 24.0 Å². The summed E-state index contributed by atoms with van der Waals surface area (Å²) >= 11 is 0. The van der Waals surface area contributed by atoms with E-state index < -0.39 is 0 Å². The first kappa shape index (κ1) is 23.2. The van der Waals surface area contributed by atoms with Gasteiger partial charge in [0, 0.05) is 20.3 Å². The van der Waals surface area contributed by atoms with Gasteiger partial charge in [0.2, 0.25) is 0 Å². The molecule has 0 aromatic heterocycles. The third-order valence-electron chi connectivity index (χ3n) is 5.22. The van der Waals surface area contributed by atoms with Crippen LogP contribution in [0.2, 0.25) is 0 Å². The van der Waals surface area contributed by atoms with Crippen LogP contribution in [0.3, 0.4) is 0 Å². The van der Waals surface area contributed by atoms with Gasteiger partial charge < -0.3 is 24.6 Å². The maximum atomic E-state index is 12.6.